The van der Waals surface area contributed by atoms with Crippen molar-refractivity contribution in [1.29, 1.82) is 0 Å². The maximum atomic E-state index is 13.0. The van der Waals surface area contributed by atoms with Crippen molar-refractivity contribution in [2.24, 2.45) is 5.92 Å². The van der Waals surface area contributed by atoms with Crippen molar-refractivity contribution in [3.63, 3.8) is 0 Å². The Hall–Kier alpha value is -3.41. The number of carbonyl (C=O) groups excluding carboxylic acids is 1. The van der Waals surface area contributed by atoms with Crippen molar-refractivity contribution >= 4 is 27.9 Å². The van der Waals surface area contributed by atoms with E-state index in [0.29, 0.717) is 5.69 Å². The molecule has 33 heavy (non-hydrogen) atoms. The number of carbonyl (C=O) groups is 1. The third kappa shape index (κ3) is 5.69. The second-order valence-corrected chi connectivity index (χ2v) is 8.28. The maximum absolute atomic E-state index is 13.0. The number of aromatic nitrogens is 1. The summed E-state index contributed by atoms with van der Waals surface area (Å²) in [6.45, 7) is 0. The molecular weight excluding hydrogens is 425 g/mol. The van der Waals surface area contributed by atoms with Crippen molar-refractivity contribution in [2.75, 3.05) is 5.32 Å². The van der Waals surface area contributed by atoms with E-state index in [1.807, 2.05) is 30.3 Å². The van der Waals surface area contributed by atoms with Crippen LogP contribution < -0.4 is 5.32 Å². The molecule has 0 aliphatic heterocycles. The number of allylic oxidation sites excluding steroid dienone is 3. The van der Waals surface area contributed by atoms with Crippen LogP contribution in [0.3, 0.4) is 0 Å². The van der Waals surface area contributed by atoms with E-state index >= 15 is 0 Å². The number of halogens is 3. The van der Waals surface area contributed by atoms with Crippen molar-refractivity contribution in [2.45, 2.75) is 38.3 Å². The number of alkyl halides is 3. The molecule has 1 aromatic heterocycles. The van der Waals surface area contributed by atoms with Gasteiger partial charge in [-0.05, 0) is 54.2 Å². The Balaban J connectivity index is 1.54. The van der Waals surface area contributed by atoms with Crippen LogP contribution in [-0.2, 0) is 11.0 Å². The SMILES string of the molecule is O=C(C=CC=C(c1ccc(C(F)(F)F)cc1)C1CCCCC1)Nc1cccc2cnccc12. The van der Waals surface area contributed by atoms with E-state index in [1.165, 1.54) is 24.6 Å². The van der Waals surface area contributed by atoms with Crippen LogP contribution in [0.4, 0.5) is 18.9 Å². The highest BCUT2D eigenvalue weighted by molar-refractivity contribution is 6.06. The summed E-state index contributed by atoms with van der Waals surface area (Å²) < 4.78 is 38.9. The third-order valence-electron chi connectivity index (χ3n) is 6.05. The molecule has 3 nitrogen and oxygen atoms in total. The summed E-state index contributed by atoms with van der Waals surface area (Å²) in [5.41, 5.74) is 1.78. The average Bonchev–Trinajstić information content (AvgIpc) is 2.82. The number of hydrogen-bond acceptors (Lipinski definition) is 2. The highest BCUT2D eigenvalue weighted by atomic mass is 19.4. The van der Waals surface area contributed by atoms with Crippen LogP contribution in [-0.4, -0.2) is 10.9 Å². The fourth-order valence-electron chi connectivity index (χ4n) is 4.38. The highest BCUT2D eigenvalue weighted by Gasteiger charge is 2.30. The predicted molar refractivity (Wildman–Crippen MR) is 126 cm³/mol. The van der Waals surface area contributed by atoms with E-state index in [-0.39, 0.29) is 11.8 Å². The lowest BCUT2D eigenvalue weighted by Crippen LogP contribution is -2.10. The molecule has 0 atom stereocenters. The summed E-state index contributed by atoms with van der Waals surface area (Å²) in [5.74, 6) is -0.000240. The minimum atomic E-state index is -4.36. The molecule has 1 aliphatic carbocycles. The lowest BCUT2D eigenvalue weighted by atomic mass is 9.80. The zero-order valence-electron chi connectivity index (χ0n) is 18.1. The molecule has 2 aromatic carbocycles. The van der Waals surface area contributed by atoms with Gasteiger partial charge in [0.05, 0.1) is 5.56 Å². The molecule has 1 N–H and O–H groups in total. The molecule has 1 saturated carbocycles. The van der Waals surface area contributed by atoms with Gasteiger partial charge in [0, 0.05) is 34.9 Å². The summed E-state index contributed by atoms with van der Waals surface area (Å²) >= 11 is 0. The van der Waals surface area contributed by atoms with Crippen molar-refractivity contribution in [1.82, 2.24) is 4.98 Å². The van der Waals surface area contributed by atoms with Crippen LogP contribution in [0.2, 0.25) is 0 Å². The first-order chi connectivity index (χ1) is 15.9. The Morgan fingerprint density at radius 1 is 1.00 bits per heavy atom. The van der Waals surface area contributed by atoms with Gasteiger partial charge in [-0.1, -0.05) is 55.7 Å². The molecule has 0 unspecified atom stereocenters. The monoisotopic (exact) mass is 450 g/mol. The van der Waals surface area contributed by atoms with Gasteiger partial charge in [0.25, 0.3) is 0 Å². The lowest BCUT2D eigenvalue weighted by molar-refractivity contribution is -0.137. The Morgan fingerprint density at radius 2 is 1.76 bits per heavy atom. The molecule has 0 spiro atoms. The lowest BCUT2D eigenvalue weighted by Gasteiger charge is -2.25. The van der Waals surface area contributed by atoms with Gasteiger partial charge in [-0.15, -0.1) is 0 Å². The van der Waals surface area contributed by atoms with Crippen LogP contribution in [0.15, 0.2) is 79.2 Å². The highest BCUT2D eigenvalue weighted by Crippen LogP contribution is 2.37. The first kappa shape index (κ1) is 22.8. The molecule has 1 heterocycles. The molecule has 1 amide bonds. The van der Waals surface area contributed by atoms with Gasteiger partial charge < -0.3 is 5.32 Å². The predicted octanol–water partition coefficient (Wildman–Crippen LogP) is 7.41. The van der Waals surface area contributed by atoms with Crippen LogP contribution in [0, 0.1) is 5.92 Å². The fourth-order valence-corrected chi connectivity index (χ4v) is 4.38. The van der Waals surface area contributed by atoms with Gasteiger partial charge in [-0.3, -0.25) is 9.78 Å². The number of hydrogen-bond donors (Lipinski definition) is 1. The smallest absolute Gasteiger partial charge is 0.322 e. The molecule has 0 saturated heterocycles. The minimum Gasteiger partial charge on any atom is -0.322 e. The van der Waals surface area contributed by atoms with Gasteiger partial charge in [0.2, 0.25) is 5.91 Å². The zero-order valence-corrected chi connectivity index (χ0v) is 18.1. The quantitative estimate of drug-likeness (QED) is 0.325. The van der Waals surface area contributed by atoms with Gasteiger partial charge in [0.1, 0.15) is 0 Å². The Kier molecular flexibility index (Phi) is 6.92. The molecule has 6 heteroatoms. The molecule has 1 fully saturated rings. The van der Waals surface area contributed by atoms with Gasteiger partial charge in [-0.2, -0.15) is 13.2 Å². The third-order valence-corrected chi connectivity index (χ3v) is 6.05. The first-order valence-corrected chi connectivity index (χ1v) is 11.1. The van der Waals surface area contributed by atoms with Gasteiger partial charge >= 0.3 is 6.18 Å². The Bertz CT molecular complexity index is 1170. The summed E-state index contributed by atoms with van der Waals surface area (Å²) in [6.07, 6.45) is 9.43. The minimum absolute atomic E-state index is 0.272. The first-order valence-electron chi connectivity index (χ1n) is 11.1. The second-order valence-electron chi connectivity index (χ2n) is 8.28. The molecule has 0 bridgehead atoms. The molecule has 3 aromatic rings. The van der Waals surface area contributed by atoms with E-state index in [2.05, 4.69) is 10.3 Å². The normalized spacial score (nSPS) is 15.8. The molecule has 0 radical (unpaired) electrons. The number of rotatable bonds is 5. The number of nitrogens with one attached hydrogen (secondary N) is 1. The van der Waals surface area contributed by atoms with Crippen molar-refractivity contribution in [3.05, 3.63) is 90.3 Å². The van der Waals surface area contributed by atoms with Crippen LogP contribution in [0.1, 0.15) is 43.2 Å². The van der Waals surface area contributed by atoms with E-state index in [0.717, 1.165) is 59.7 Å². The van der Waals surface area contributed by atoms with Crippen LogP contribution >= 0.6 is 0 Å². The number of benzene rings is 2. The van der Waals surface area contributed by atoms with Crippen LogP contribution in [0.5, 0.6) is 0 Å². The van der Waals surface area contributed by atoms with E-state index in [9.17, 15) is 18.0 Å². The molecular formula is C27H25F3N2O. The average molecular weight is 451 g/mol. The topological polar surface area (TPSA) is 42.0 Å². The standard InChI is InChI=1S/C27H25F3N2O/c28-27(29,30)22-14-12-20(13-15-22)23(19-6-2-1-3-7-19)9-5-11-26(33)32-25-10-4-8-21-18-31-17-16-24(21)25/h4-5,8-19H,1-3,6-7H2,(H,32,33). The Morgan fingerprint density at radius 3 is 2.48 bits per heavy atom. The fraction of sp³-hybridized carbons (Fsp3) is 0.259. The second kappa shape index (κ2) is 10.0. The summed E-state index contributed by atoms with van der Waals surface area (Å²) in [7, 11) is 0. The molecule has 1 aliphatic rings. The summed E-state index contributed by atoms with van der Waals surface area (Å²) in [5, 5.41) is 4.73. The number of nitrogens with zero attached hydrogens (tertiary/aromatic N) is 1. The Labute approximate surface area is 191 Å². The summed E-state index contributed by atoms with van der Waals surface area (Å²) in [4.78, 5) is 16.6. The number of amides is 1. The van der Waals surface area contributed by atoms with Crippen molar-refractivity contribution < 1.29 is 18.0 Å². The zero-order chi connectivity index (χ0) is 23.3. The van der Waals surface area contributed by atoms with Gasteiger partial charge in [0.15, 0.2) is 0 Å². The molecule has 4 rings (SSSR count). The van der Waals surface area contributed by atoms with Gasteiger partial charge in [-0.25, -0.2) is 0 Å². The number of pyridine rings is 1. The van der Waals surface area contributed by atoms with E-state index in [4.69, 9.17) is 0 Å². The maximum Gasteiger partial charge on any atom is 0.416 e. The van der Waals surface area contributed by atoms with Crippen molar-refractivity contribution in [3.8, 4) is 0 Å². The van der Waals surface area contributed by atoms with E-state index in [1.54, 1.807) is 18.5 Å². The number of fused-ring (bicyclic) bond motifs is 1. The largest absolute Gasteiger partial charge is 0.416 e. The molecule has 170 valence electrons. The van der Waals surface area contributed by atoms with Crippen LogP contribution in [0.25, 0.3) is 16.3 Å². The summed E-state index contributed by atoms with van der Waals surface area (Å²) in [6, 6.07) is 12.8. The van der Waals surface area contributed by atoms with E-state index < -0.39 is 11.7 Å². The number of anilines is 1.